The third-order valence-corrected chi connectivity index (χ3v) is 5.26. The van der Waals surface area contributed by atoms with Crippen LogP contribution in [0.4, 0.5) is 0 Å². The van der Waals surface area contributed by atoms with Crippen molar-refractivity contribution >= 4 is 5.97 Å². The van der Waals surface area contributed by atoms with E-state index >= 15 is 0 Å². The molecule has 2 aliphatic rings. The molecule has 2 heterocycles. The predicted octanol–water partition coefficient (Wildman–Crippen LogP) is 5.74. The van der Waals surface area contributed by atoms with Gasteiger partial charge in [0.1, 0.15) is 22.8 Å². The van der Waals surface area contributed by atoms with Gasteiger partial charge < -0.3 is 14.2 Å². The van der Waals surface area contributed by atoms with Gasteiger partial charge in [-0.2, -0.15) is 0 Å². The van der Waals surface area contributed by atoms with Crippen LogP contribution in [0.1, 0.15) is 53.4 Å². The number of esters is 1. The molecule has 29 heavy (non-hydrogen) atoms. The maximum absolute atomic E-state index is 12.8. The molecule has 0 aliphatic carbocycles. The number of aryl methyl sites for hydroxylation is 1. The van der Waals surface area contributed by atoms with Crippen molar-refractivity contribution in [1.29, 1.82) is 0 Å². The van der Waals surface area contributed by atoms with Crippen LogP contribution in [0.15, 0.2) is 60.7 Å². The zero-order valence-corrected chi connectivity index (χ0v) is 16.9. The molecule has 1 spiro atoms. The molecule has 0 radical (unpaired) electrons. The van der Waals surface area contributed by atoms with Crippen LogP contribution in [0.3, 0.4) is 0 Å². The van der Waals surface area contributed by atoms with Gasteiger partial charge in [-0.15, -0.1) is 0 Å². The molecule has 0 fully saturated rings. The SMILES string of the molecule is Cc1ccc2c(c1)Oc1cc(OC(C)(C)C)ccc1C21OC(=O)c2ccccc21. The van der Waals surface area contributed by atoms with Gasteiger partial charge >= 0.3 is 5.97 Å². The molecule has 4 nitrogen and oxygen atoms in total. The number of ether oxygens (including phenoxy) is 3. The van der Waals surface area contributed by atoms with E-state index < -0.39 is 5.60 Å². The van der Waals surface area contributed by atoms with E-state index in [1.807, 2.05) is 88.4 Å². The highest BCUT2D eigenvalue weighted by atomic mass is 16.6. The van der Waals surface area contributed by atoms with E-state index in [0.29, 0.717) is 22.8 Å². The number of hydrogen-bond donors (Lipinski definition) is 0. The molecule has 146 valence electrons. The van der Waals surface area contributed by atoms with Gasteiger partial charge in [0.25, 0.3) is 0 Å². The maximum Gasteiger partial charge on any atom is 0.340 e. The minimum absolute atomic E-state index is 0.324. The minimum Gasteiger partial charge on any atom is -0.488 e. The first-order valence-electron chi connectivity index (χ1n) is 9.73. The first kappa shape index (κ1) is 17.8. The van der Waals surface area contributed by atoms with Gasteiger partial charge in [0.05, 0.1) is 5.56 Å². The van der Waals surface area contributed by atoms with Crippen molar-refractivity contribution in [3.63, 3.8) is 0 Å². The first-order chi connectivity index (χ1) is 13.8. The molecule has 4 heteroatoms. The lowest BCUT2D eigenvalue weighted by molar-refractivity contribution is 0.0224. The summed E-state index contributed by atoms with van der Waals surface area (Å²) in [6, 6.07) is 19.3. The molecule has 1 unspecified atom stereocenters. The molecule has 0 amide bonds. The van der Waals surface area contributed by atoms with Crippen LogP contribution < -0.4 is 9.47 Å². The number of carbonyl (C=O) groups excluding carboxylic acids is 1. The quantitative estimate of drug-likeness (QED) is 0.500. The fourth-order valence-electron chi connectivity index (χ4n) is 4.18. The van der Waals surface area contributed by atoms with Crippen molar-refractivity contribution in [1.82, 2.24) is 0 Å². The van der Waals surface area contributed by atoms with E-state index in [9.17, 15) is 4.79 Å². The van der Waals surface area contributed by atoms with Gasteiger partial charge in [-0.1, -0.05) is 30.3 Å². The van der Waals surface area contributed by atoms with Crippen molar-refractivity contribution in [2.45, 2.75) is 38.9 Å². The number of rotatable bonds is 1. The molecule has 0 N–H and O–H groups in total. The van der Waals surface area contributed by atoms with Crippen LogP contribution in [0.2, 0.25) is 0 Å². The van der Waals surface area contributed by atoms with Gasteiger partial charge in [-0.05, 0) is 57.5 Å². The second kappa shape index (κ2) is 5.86. The van der Waals surface area contributed by atoms with Crippen LogP contribution >= 0.6 is 0 Å². The normalized spacial score (nSPS) is 19.1. The van der Waals surface area contributed by atoms with Gasteiger partial charge in [-0.3, -0.25) is 0 Å². The Kier molecular flexibility index (Phi) is 3.60. The molecular weight excluding hydrogens is 364 g/mol. The number of carbonyl (C=O) groups is 1. The Hall–Kier alpha value is -3.27. The summed E-state index contributed by atoms with van der Waals surface area (Å²) < 4.78 is 18.4. The Morgan fingerprint density at radius 1 is 0.862 bits per heavy atom. The minimum atomic E-state index is -1.02. The molecule has 0 aromatic heterocycles. The molecule has 3 aromatic rings. The lowest BCUT2D eigenvalue weighted by atomic mass is 9.77. The van der Waals surface area contributed by atoms with Crippen molar-refractivity contribution in [2.24, 2.45) is 0 Å². The highest BCUT2D eigenvalue weighted by Gasteiger charge is 2.53. The summed E-state index contributed by atoms with van der Waals surface area (Å²) in [6.07, 6.45) is 0. The monoisotopic (exact) mass is 386 g/mol. The van der Waals surface area contributed by atoms with Crippen LogP contribution in [-0.2, 0) is 10.3 Å². The van der Waals surface area contributed by atoms with Crippen molar-refractivity contribution in [3.05, 3.63) is 88.5 Å². The van der Waals surface area contributed by atoms with Crippen LogP contribution in [0.25, 0.3) is 0 Å². The lowest BCUT2D eigenvalue weighted by Gasteiger charge is -2.37. The molecule has 0 saturated carbocycles. The Bertz CT molecular complexity index is 1160. The molecule has 5 rings (SSSR count). The summed E-state index contributed by atoms with van der Waals surface area (Å²) in [4.78, 5) is 12.8. The van der Waals surface area contributed by atoms with Gasteiger partial charge in [0, 0.05) is 22.8 Å². The van der Waals surface area contributed by atoms with E-state index in [4.69, 9.17) is 14.2 Å². The van der Waals surface area contributed by atoms with E-state index in [0.717, 1.165) is 22.3 Å². The lowest BCUT2D eigenvalue weighted by Crippen LogP contribution is -2.33. The average Bonchev–Trinajstić information content (AvgIpc) is 2.94. The Balaban J connectivity index is 1.78. The summed E-state index contributed by atoms with van der Waals surface area (Å²) in [7, 11) is 0. The first-order valence-corrected chi connectivity index (χ1v) is 9.73. The summed E-state index contributed by atoms with van der Waals surface area (Å²) in [5.74, 6) is 1.71. The molecule has 0 bridgehead atoms. The largest absolute Gasteiger partial charge is 0.488 e. The van der Waals surface area contributed by atoms with Crippen molar-refractivity contribution < 1.29 is 19.0 Å². The zero-order chi connectivity index (χ0) is 20.4. The second-order valence-corrected chi connectivity index (χ2v) is 8.59. The summed E-state index contributed by atoms with van der Waals surface area (Å²) in [5, 5.41) is 0. The highest BCUT2D eigenvalue weighted by Crippen LogP contribution is 2.56. The maximum atomic E-state index is 12.8. The highest BCUT2D eigenvalue weighted by molar-refractivity contribution is 5.97. The topological polar surface area (TPSA) is 44.8 Å². The van der Waals surface area contributed by atoms with Crippen LogP contribution in [-0.4, -0.2) is 11.6 Å². The van der Waals surface area contributed by atoms with E-state index in [1.54, 1.807) is 0 Å². The third kappa shape index (κ3) is 2.63. The zero-order valence-electron chi connectivity index (χ0n) is 16.9. The van der Waals surface area contributed by atoms with Gasteiger partial charge in [-0.25, -0.2) is 4.79 Å². The van der Waals surface area contributed by atoms with Crippen LogP contribution in [0.5, 0.6) is 17.2 Å². The molecule has 1 atom stereocenters. The summed E-state index contributed by atoms with van der Waals surface area (Å²) in [5.41, 5.74) is 2.77. The van der Waals surface area contributed by atoms with E-state index in [1.165, 1.54) is 0 Å². The van der Waals surface area contributed by atoms with Crippen molar-refractivity contribution in [2.75, 3.05) is 0 Å². The van der Waals surface area contributed by atoms with Crippen LogP contribution in [0, 0.1) is 6.92 Å². The van der Waals surface area contributed by atoms with E-state index in [-0.39, 0.29) is 11.6 Å². The fourth-order valence-corrected chi connectivity index (χ4v) is 4.18. The number of hydrogen-bond acceptors (Lipinski definition) is 4. The van der Waals surface area contributed by atoms with Gasteiger partial charge in [0.15, 0.2) is 5.60 Å². The fraction of sp³-hybridized carbons (Fsp3) is 0.240. The Labute approximate surface area is 170 Å². The summed E-state index contributed by atoms with van der Waals surface area (Å²) >= 11 is 0. The second-order valence-electron chi connectivity index (χ2n) is 8.59. The summed E-state index contributed by atoms with van der Waals surface area (Å²) in [6.45, 7) is 8.02. The molecular formula is C25H22O4. The Morgan fingerprint density at radius 3 is 2.31 bits per heavy atom. The van der Waals surface area contributed by atoms with Gasteiger partial charge in [0.2, 0.25) is 0 Å². The predicted molar refractivity (Wildman–Crippen MR) is 110 cm³/mol. The number of fused-ring (bicyclic) bond motifs is 6. The Morgan fingerprint density at radius 2 is 1.55 bits per heavy atom. The average molecular weight is 386 g/mol. The standard InChI is InChI=1S/C25H22O4/c1-15-9-11-19-21(13-15)27-22-14-16(28-24(2,3)4)10-12-20(22)25(19)18-8-6-5-7-17(18)23(26)29-25/h5-14H,1-4H3. The molecule has 2 aliphatic heterocycles. The molecule has 3 aromatic carbocycles. The third-order valence-electron chi connectivity index (χ3n) is 5.26. The smallest absolute Gasteiger partial charge is 0.340 e. The van der Waals surface area contributed by atoms with Crippen molar-refractivity contribution in [3.8, 4) is 17.2 Å². The molecule has 0 saturated heterocycles. The number of benzene rings is 3. The van der Waals surface area contributed by atoms with E-state index in [2.05, 4.69) is 0 Å².